The lowest BCUT2D eigenvalue weighted by Gasteiger charge is -2.09. The van der Waals surface area contributed by atoms with Crippen LogP contribution in [0.5, 0.6) is 0 Å². The van der Waals surface area contributed by atoms with Gasteiger partial charge in [-0.05, 0) is 27.9 Å². The van der Waals surface area contributed by atoms with Crippen molar-refractivity contribution in [3.63, 3.8) is 0 Å². The molecule has 8 nitrogen and oxygen atoms in total. The normalized spacial score (nSPS) is 16.3. The van der Waals surface area contributed by atoms with Crippen molar-refractivity contribution in [2.45, 2.75) is 26.1 Å². The zero-order valence-corrected chi connectivity index (χ0v) is 14.0. The maximum Gasteiger partial charge on any atom is 0.181 e. The molecular formula is C14H30N2O6. The third kappa shape index (κ3) is 16.9. The lowest BCUT2D eigenvalue weighted by Crippen LogP contribution is -2.27. The van der Waals surface area contributed by atoms with Gasteiger partial charge >= 0.3 is 0 Å². The minimum Gasteiger partial charge on any atom is -0.481 e. The fourth-order valence-corrected chi connectivity index (χ4v) is 0.977. The van der Waals surface area contributed by atoms with Crippen LogP contribution in [0.4, 0.5) is 0 Å². The largest absolute Gasteiger partial charge is 0.481 e. The van der Waals surface area contributed by atoms with E-state index in [4.69, 9.17) is 14.7 Å². The second-order valence-corrected chi connectivity index (χ2v) is 4.05. The number of aliphatic hydroxyl groups excluding tert-OH is 1. The summed E-state index contributed by atoms with van der Waals surface area (Å²) in [5.41, 5.74) is 4.50. The average Bonchev–Trinajstić information content (AvgIpc) is 3.18. The van der Waals surface area contributed by atoms with Crippen molar-refractivity contribution in [1.82, 2.24) is 5.32 Å². The summed E-state index contributed by atoms with van der Waals surface area (Å²) >= 11 is 0. The van der Waals surface area contributed by atoms with Crippen LogP contribution in [0.2, 0.25) is 0 Å². The van der Waals surface area contributed by atoms with Crippen LogP contribution in [0.15, 0.2) is 24.7 Å². The molecule has 1 saturated heterocycles. The lowest BCUT2D eigenvalue weighted by molar-refractivity contribution is -0.292. The summed E-state index contributed by atoms with van der Waals surface area (Å²) in [7, 11) is 3.25. The Morgan fingerprint density at radius 2 is 2.00 bits per heavy atom. The number of epoxide rings is 1. The van der Waals surface area contributed by atoms with Crippen LogP contribution < -0.4 is 11.1 Å². The molecule has 132 valence electrons. The third-order valence-electron chi connectivity index (χ3n) is 1.92. The molecule has 22 heavy (non-hydrogen) atoms. The first-order valence-corrected chi connectivity index (χ1v) is 6.96. The highest BCUT2D eigenvalue weighted by molar-refractivity contribution is 5.07. The second kappa shape index (κ2) is 16.2. The van der Waals surface area contributed by atoms with Crippen LogP contribution in [0.1, 0.15) is 13.8 Å². The number of allylic oxidation sites excluding steroid dienone is 1. The molecule has 4 N–H and O–H groups in total. The molecule has 0 aromatic rings. The zero-order valence-electron chi connectivity index (χ0n) is 14.0. The number of aliphatic hydroxyl groups is 1. The van der Waals surface area contributed by atoms with Crippen LogP contribution in [-0.4, -0.2) is 57.8 Å². The number of ether oxygens (including phenoxy) is 1. The minimum absolute atomic E-state index is 0.0801. The quantitative estimate of drug-likeness (QED) is 0.175. The highest BCUT2D eigenvalue weighted by Crippen LogP contribution is 2.24. The van der Waals surface area contributed by atoms with Crippen molar-refractivity contribution in [2.24, 2.45) is 5.73 Å². The maximum atomic E-state index is 9.06. The number of nitrogens with one attached hydrogen (secondary N) is 1. The van der Waals surface area contributed by atoms with Crippen molar-refractivity contribution in [3.05, 3.63) is 24.7 Å². The standard InChI is InChI=1S/C7H15NO3.C6H10O3.CH5N/c1-6(2)11-10-5-7(9)4-8-3;1-3-7-8-4-6-5(2)9-6;1-2/h7-9H,1,4-5H2,2-3H3;6H,2-4H2,1H3;2H2,1H3. The summed E-state index contributed by atoms with van der Waals surface area (Å²) in [4.78, 5) is 18.5. The Hall–Kier alpha value is -1.16. The fourth-order valence-electron chi connectivity index (χ4n) is 0.977. The fraction of sp³-hybridized carbons (Fsp3) is 0.714. The van der Waals surface area contributed by atoms with Gasteiger partial charge in [0.1, 0.15) is 24.7 Å². The monoisotopic (exact) mass is 322 g/mol. The van der Waals surface area contributed by atoms with Crippen LogP contribution in [-0.2, 0) is 24.3 Å². The van der Waals surface area contributed by atoms with E-state index >= 15 is 0 Å². The SMILES string of the molecule is C=C(C)OOCC(O)CNC.C=C1OC1COOCC.CN. The first-order valence-electron chi connectivity index (χ1n) is 6.96. The molecule has 2 unspecified atom stereocenters. The van der Waals surface area contributed by atoms with Gasteiger partial charge in [-0.1, -0.05) is 13.2 Å². The van der Waals surface area contributed by atoms with Gasteiger partial charge in [0, 0.05) is 6.54 Å². The number of nitrogens with two attached hydrogens (primary N) is 1. The summed E-state index contributed by atoms with van der Waals surface area (Å²) in [5, 5.41) is 11.9. The van der Waals surface area contributed by atoms with Gasteiger partial charge in [-0.2, -0.15) is 4.89 Å². The Bertz CT molecular complexity index is 289. The van der Waals surface area contributed by atoms with E-state index in [1.807, 2.05) is 6.92 Å². The van der Waals surface area contributed by atoms with Crippen LogP contribution >= 0.6 is 0 Å². The van der Waals surface area contributed by atoms with Gasteiger partial charge in [-0.25, -0.2) is 9.78 Å². The molecule has 0 amide bonds. The summed E-state index contributed by atoms with van der Waals surface area (Å²) in [5.74, 6) is 1.26. The molecule has 0 radical (unpaired) electrons. The molecule has 1 rings (SSSR count). The van der Waals surface area contributed by atoms with E-state index in [1.54, 1.807) is 14.0 Å². The van der Waals surface area contributed by atoms with Gasteiger partial charge in [0.15, 0.2) is 6.10 Å². The molecule has 2 atom stereocenters. The van der Waals surface area contributed by atoms with E-state index in [-0.39, 0.29) is 12.7 Å². The van der Waals surface area contributed by atoms with Gasteiger partial charge in [0.05, 0.1) is 12.7 Å². The summed E-state index contributed by atoms with van der Waals surface area (Å²) in [6.07, 6.45) is -0.462. The molecule has 8 heteroatoms. The molecule has 1 heterocycles. The molecule has 1 fully saturated rings. The summed E-state index contributed by atoms with van der Waals surface area (Å²) in [6.45, 7) is 12.2. The van der Waals surface area contributed by atoms with Gasteiger partial charge in [-0.3, -0.25) is 0 Å². The molecular weight excluding hydrogens is 292 g/mol. The van der Waals surface area contributed by atoms with Crippen molar-refractivity contribution >= 4 is 0 Å². The first kappa shape index (κ1) is 23.1. The molecule has 0 aliphatic carbocycles. The Kier molecular flexibility index (Phi) is 17.0. The average molecular weight is 322 g/mol. The lowest BCUT2D eigenvalue weighted by atomic mass is 10.4. The van der Waals surface area contributed by atoms with Gasteiger partial charge in [-0.15, -0.1) is 0 Å². The molecule has 0 aromatic carbocycles. The summed E-state index contributed by atoms with van der Waals surface area (Å²) < 4.78 is 4.86. The van der Waals surface area contributed by atoms with Crippen molar-refractivity contribution in [2.75, 3.05) is 40.5 Å². The van der Waals surface area contributed by atoms with Crippen molar-refractivity contribution in [3.8, 4) is 0 Å². The number of hydrogen-bond acceptors (Lipinski definition) is 8. The minimum atomic E-state index is -0.542. The first-order chi connectivity index (χ1) is 10.5. The van der Waals surface area contributed by atoms with Gasteiger partial charge in [0.2, 0.25) is 0 Å². The van der Waals surface area contributed by atoms with E-state index < -0.39 is 6.10 Å². The molecule has 0 aromatic heterocycles. The molecule has 0 spiro atoms. The molecule has 1 aliphatic rings. The predicted molar refractivity (Wildman–Crippen MR) is 83.5 cm³/mol. The van der Waals surface area contributed by atoms with Crippen molar-refractivity contribution in [1.29, 1.82) is 0 Å². The van der Waals surface area contributed by atoms with Crippen LogP contribution in [0.25, 0.3) is 0 Å². The van der Waals surface area contributed by atoms with E-state index in [0.29, 0.717) is 25.5 Å². The van der Waals surface area contributed by atoms with Gasteiger partial charge in [0.25, 0.3) is 0 Å². The van der Waals surface area contributed by atoms with E-state index in [9.17, 15) is 0 Å². The third-order valence-corrected chi connectivity index (χ3v) is 1.92. The van der Waals surface area contributed by atoms with E-state index in [0.717, 1.165) is 5.76 Å². The Labute approximate surface area is 132 Å². The Morgan fingerprint density at radius 3 is 2.41 bits per heavy atom. The smallest absolute Gasteiger partial charge is 0.181 e. The Morgan fingerprint density at radius 1 is 1.41 bits per heavy atom. The van der Waals surface area contributed by atoms with Crippen LogP contribution in [0.3, 0.4) is 0 Å². The number of rotatable bonds is 10. The van der Waals surface area contributed by atoms with Crippen LogP contribution in [0, 0.1) is 0 Å². The zero-order chi connectivity index (χ0) is 17.4. The van der Waals surface area contributed by atoms with Crippen molar-refractivity contribution < 1.29 is 29.4 Å². The number of likely N-dealkylation sites (N-methyl/N-ethyl adjacent to an activating group) is 1. The maximum absolute atomic E-state index is 9.06. The predicted octanol–water partition coefficient (Wildman–Crippen LogP) is 0.490. The molecule has 1 aliphatic heterocycles. The topological polar surface area (TPSA) is 108 Å². The second-order valence-electron chi connectivity index (χ2n) is 4.05. The van der Waals surface area contributed by atoms with Gasteiger partial charge < -0.3 is 25.8 Å². The Balaban J connectivity index is 0. The highest BCUT2D eigenvalue weighted by atomic mass is 17.2. The molecule has 0 bridgehead atoms. The highest BCUT2D eigenvalue weighted by Gasteiger charge is 2.30. The van der Waals surface area contributed by atoms with E-state index in [1.165, 1.54) is 7.05 Å². The molecule has 0 saturated carbocycles. The number of hydrogen-bond donors (Lipinski definition) is 3. The van der Waals surface area contributed by atoms with E-state index in [2.05, 4.69) is 38.9 Å². The summed E-state index contributed by atoms with van der Waals surface area (Å²) in [6, 6.07) is 0.